The second-order valence-electron chi connectivity index (χ2n) is 5.81. The van der Waals surface area contributed by atoms with Crippen LogP contribution in [-0.4, -0.2) is 29.1 Å². The van der Waals surface area contributed by atoms with E-state index in [0.717, 1.165) is 23.6 Å². The number of aliphatic imine (C=N–C) groups is 1. The lowest BCUT2D eigenvalue weighted by Crippen LogP contribution is -2.37. The number of furan rings is 1. The maximum absolute atomic E-state index is 14.4. The summed E-state index contributed by atoms with van der Waals surface area (Å²) < 4.78 is 21.4. The van der Waals surface area contributed by atoms with Gasteiger partial charge in [0.25, 0.3) is 0 Å². The minimum absolute atomic E-state index is 0.286. The van der Waals surface area contributed by atoms with E-state index in [1.807, 2.05) is 25.1 Å². The maximum atomic E-state index is 14.4. The lowest BCUT2D eigenvalue weighted by atomic mass is 10.2. The quantitative estimate of drug-likeness (QED) is 0.527. The van der Waals surface area contributed by atoms with Gasteiger partial charge in [-0.15, -0.1) is 0 Å². The van der Waals surface area contributed by atoms with Crippen LogP contribution in [0.15, 0.2) is 58.4 Å². The third-order valence-electron chi connectivity index (χ3n) is 4.02. The van der Waals surface area contributed by atoms with Gasteiger partial charge in [0.15, 0.2) is 5.96 Å². The highest BCUT2D eigenvalue weighted by Crippen LogP contribution is 2.16. The average Bonchev–Trinajstić information content (AvgIpc) is 3.30. The fourth-order valence-electron chi connectivity index (χ4n) is 2.65. The van der Waals surface area contributed by atoms with Gasteiger partial charge in [-0.2, -0.15) is 0 Å². The average molecular weight is 355 g/mol. The maximum Gasteiger partial charge on any atom is 0.191 e. The molecular formula is C19H22FN5O. The minimum Gasteiger partial charge on any atom is -0.469 e. The molecule has 0 atom stereocenters. The van der Waals surface area contributed by atoms with E-state index in [0.29, 0.717) is 24.7 Å². The van der Waals surface area contributed by atoms with Crippen LogP contribution < -0.4 is 10.6 Å². The first-order valence-corrected chi connectivity index (χ1v) is 8.43. The molecule has 0 aliphatic heterocycles. The molecule has 2 N–H and O–H groups in total. The number of hydrogen-bond donors (Lipinski definition) is 2. The number of guanidine groups is 1. The molecular weight excluding hydrogens is 333 g/mol. The standard InChI is InChI=1S/C19H22FN5O/c1-14-22-9-10-25(14)18-6-5-15(12-17(18)20)13-24-19(21-2)23-8-7-16-4-3-11-26-16/h3-6,9-12H,7-8,13H2,1-2H3,(H2,21,23,24). The first-order valence-electron chi connectivity index (χ1n) is 8.43. The Hall–Kier alpha value is -3.09. The fourth-order valence-corrected chi connectivity index (χ4v) is 2.65. The number of nitrogens with one attached hydrogen (secondary N) is 2. The van der Waals surface area contributed by atoms with Gasteiger partial charge >= 0.3 is 0 Å². The van der Waals surface area contributed by atoms with Gasteiger partial charge in [0, 0.05) is 39.0 Å². The molecule has 0 saturated carbocycles. The summed E-state index contributed by atoms with van der Waals surface area (Å²) in [5.41, 5.74) is 1.32. The van der Waals surface area contributed by atoms with Crippen molar-refractivity contribution in [1.82, 2.24) is 20.2 Å². The van der Waals surface area contributed by atoms with Crippen LogP contribution in [0.25, 0.3) is 5.69 Å². The zero-order valence-corrected chi connectivity index (χ0v) is 14.9. The number of hydrogen-bond acceptors (Lipinski definition) is 3. The third kappa shape index (κ3) is 4.30. The van der Waals surface area contributed by atoms with E-state index in [1.54, 1.807) is 36.3 Å². The van der Waals surface area contributed by atoms with E-state index in [2.05, 4.69) is 20.6 Å². The Bertz CT molecular complexity index is 870. The Morgan fingerprint density at radius 3 is 2.85 bits per heavy atom. The van der Waals surface area contributed by atoms with Crippen molar-refractivity contribution in [2.75, 3.05) is 13.6 Å². The van der Waals surface area contributed by atoms with Crippen LogP contribution in [0.4, 0.5) is 4.39 Å². The number of halogens is 1. The largest absolute Gasteiger partial charge is 0.469 e. The van der Waals surface area contributed by atoms with Gasteiger partial charge in [0.1, 0.15) is 17.4 Å². The molecule has 0 saturated heterocycles. The molecule has 2 heterocycles. The predicted molar refractivity (Wildman–Crippen MR) is 98.9 cm³/mol. The summed E-state index contributed by atoms with van der Waals surface area (Å²) in [6.07, 6.45) is 5.83. The number of nitrogens with zero attached hydrogens (tertiary/aromatic N) is 3. The van der Waals surface area contributed by atoms with Gasteiger partial charge in [0.2, 0.25) is 0 Å². The van der Waals surface area contributed by atoms with Gasteiger partial charge in [-0.05, 0) is 36.8 Å². The molecule has 0 spiro atoms. The van der Waals surface area contributed by atoms with Crippen molar-refractivity contribution >= 4 is 5.96 Å². The number of benzene rings is 1. The molecule has 0 unspecified atom stereocenters. The zero-order chi connectivity index (χ0) is 18.4. The highest BCUT2D eigenvalue weighted by Gasteiger charge is 2.08. The van der Waals surface area contributed by atoms with Crippen LogP contribution >= 0.6 is 0 Å². The summed E-state index contributed by atoms with van der Waals surface area (Å²) >= 11 is 0. The van der Waals surface area contributed by atoms with Gasteiger partial charge in [-0.25, -0.2) is 9.37 Å². The molecule has 2 aromatic heterocycles. The summed E-state index contributed by atoms with van der Waals surface area (Å²) in [5.74, 6) is 2.04. The molecule has 26 heavy (non-hydrogen) atoms. The minimum atomic E-state index is -0.286. The smallest absolute Gasteiger partial charge is 0.191 e. The third-order valence-corrected chi connectivity index (χ3v) is 4.02. The molecule has 0 aliphatic carbocycles. The first kappa shape index (κ1) is 17.7. The molecule has 1 aromatic carbocycles. The Balaban J connectivity index is 1.55. The summed E-state index contributed by atoms with van der Waals surface area (Å²) in [6.45, 7) is 3.01. The van der Waals surface area contributed by atoms with Crippen LogP contribution in [-0.2, 0) is 13.0 Å². The topological polar surface area (TPSA) is 67.4 Å². The molecule has 0 amide bonds. The van der Waals surface area contributed by atoms with Crippen LogP contribution in [0.3, 0.4) is 0 Å². The summed E-state index contributed by atoms with van der Waals surface area (Å²) in [4.78, 5) is 8.30. The fraction of sp³-hybridized carbons (Fsp3) is 0.263. The SMILES string of the molecule is CN=C(NCCc1ccco1)NCc1ccc(-n2ccnc2C)c(F)c1. The van der Waals surface area contributed by atoms with Gasteiger partial charge in [0.05, 0.1) is 12.0 Å². The van der Waals surface area contributed by atoms with Crippen molar-refractivity contribution in [2.45, 2.75) is 19.9 Å². The Morgan fingerprint density at radius 2 is 2.19 bits per heavy atom. The normalized spacial score (nSPS) is 11.6. The van der Waals surface area contributed by atoms with Gasteiger partial charge < -0.3 is 19.6 Å². The second kappa shape index (κ2) is 8.33. The molecule has 0 radical (unpaired) electrons. The van der Waals surface area contributed by atoms with E-state index in [4.69, 9.17) is 4.42 Å². The molecule has 0 fully saturated rings. The molecule has 7 heteroatoms. The van der Waals surface area contributed by atoms with Crippen molar-refractivity contribution in [3.05, 3.63) is 72.0 Å². The number of aromatic nitrogens is 2. The second-order valence-corrected chi connectivity index (χ2v) is 5.81. The van der Waals surface area contributed by atoms with E-state index in [9.17, 15) is 4.39 Å². The van der Waals surface area contributed by atoms with Crippen LogP contribution in [0, 0.1) is 12.7 Å². The van der Waals surface area contributed by atoms with E-state index in [-0.39, 0.29) is 5.82 Å². The van der Waals surface area contributed by atoms with Crippen molar-refractivity contribution in [1.29, 1.82) is 0 Å². The van der Waals surface area contributed by atoms with Crippen molar-refractivity contribution in [3.63, 3.8) is 0 Å². The van der Waals surface area contributed by atoms with Gasteiger partial charge in [-0.3, -0.25) is 4.99 Å². The molecule has 6 nitrogen and oxygen atoms in total. The summed E-state index contributed by atoms with van der Waals surface area (Å²) in [5, 5.41) is 6.39. The first-order chi connectivity index (χ1) is 12.7. The van der Waals surface area contributed by atoms with E-state index < -0.39 is 0 Å². The number of aryl methyl sites for hydroxylation is 1. The summed E-state index contributed by atoms with van der Waals surface area (Å²) in [6, 6.07) is 8.98. The highest BCUT2D eigenvalue weighted by molar-refractivity contribution is 5.79. The number of rotatable bonds is 6. The lowest BCUT2D eigenvalue weighted by Gasteiger charge is -2.13. The zero-order valence-electron chi connectivity index (χ0n) is 14.9. The highest BCUT2D eigenvalue weighted by atomic mass is 19.1. The van der Waals surface area contributed by atoms with E-state index in [1.165, 1.54) is 6.07 Å². The molecule has 0 bridgehead atoms. The monoisotopic (exact) mass is 355 g/mol. The number of imidazole rings is 1. The predicted octanol–water partition coefficient (Wildman–Crippen LogP) is 2.82. The molecule has 0 aliphatic rings. The molecule has 136 valence electrons. The molecule has 3 aromatic rings. The Kier molecular flexibility index (Phi) is 5.68. The lowest BCUT2D eigenvalue weighted by molar-refractivity contribution is 0.507. The van der Waals surface area contributed by atoms with Crippen molar-refractivity contribution in [3.8, 4) is 5.69 Å². The van der Waals surface area contributed by atoms with Crippen LogP contribution in [0.5, 0.6) is 0 Å². The van der Waals surface area contributed by atoms with Crippen molar-refractivity contribution < 1.29 is 8.81 Å². The van der Waals surface area contributed by atoms with Crippen molar-refractivity contribution in [2.24, 2.45) is 4.99 Å². The molecule has 3 rings (SSSR count). The Morgan fingerprint density at radius 1 is 1.31 bits per heavy atom. The Labute approximate surface area is 151 Å². The summed E-state index contributed by atoms with van der Waals surface area (Å²) in [7, 11) is 1.70. The van der Waals surface area contributed by atoms with E-state index >= 15 is 0 Å². The van der Waals surface area contributed by atoms with Crippen LogP contribution in [0.1, 0.15) is 17.1 Å². The van der Waals surface area contributed by atoms with Gasteiger partial charge in [-0.1, -0.05) is 6.07 Å². The van der Waals surface area contributed by atoms with Crippen LogP contribution in [0.2, 0.25) is 0 Å².